The van der Waals surface area contributed by atoms with E-state index in [2.05, 4.69) is 16.6 Å². The van der Waals surface area contributed by atoms with E-state index in [9.17, 15) is 40.1 Å². The van der Waals surface area contributed by atoms with Crippen molar-refractivity contribution in [1.82, 2.24) is 0 Å². The minimum absolute atomic E-state index is 0.192. The molecular formula is C17H18F4NO7S-. The maximum Gasteiger partial charge on any atom is 0.411 e. The molecule has 0 saturated heterocycles. The number of unbranched alkanes of at least 4 members (excludes halogenated alkanes) is 1. The highest BCUT2D eigenvalue weighted by atomic mass is 32.2. The molecule has 1 aromatic rings. The van der Waals surface area contributed by atoms with E-state index in [1.807, 2.05) is 0 Å². The van der Waals surface area contributed by atoms with Crippen molar-refractivity contribution in [3.63, 3.8) is 0 Å². The summed E-state index contributed by atoms with van der Waals surface area (Å²) in [6, 6.07) is 5.52. The third kappa shape index (κ3) is 6.99. The van der Waals surface area contributed by atoms with E-state index < -0.39 is 52.8 Å². The zero-order valence-corrected chi connectivity index (χ0v) is 16.4. The Balaban J connectivity index is 2.41. The van der Waals surface area contributed by atoms with Crippen molar-refractivity contribution in [1.29, 1.82) is 0 Å². The molecule has 0 aliphatic heterocycles. The number of ether oxygens (including phenoxy) is 2. The zero-order chi connectivity index (χ0) is 23.2. The summed E-state index contributed by atoms with van der Waals surface area (Å²) in [7, 11) is -6.53. The molecule has 0 fully saturated rings. The van der Waals surface area contributed by atoms with Gasteiger partial charge in [-0.1, -0.05) is 6.58 Å². The number of amides is 1. The van der Waals surface area contributed by atoms with Gasteiger partial charge in [-0.15, -0.1) is 0 Å². The standard InChI is InChI=1S/C17H19F4NO7S/c1-11(2)14(23)29-13-7-5-12(6-8-13)22-15(24)28-10-4-3-9-16(18,19)17(20,21)30(25,26)27/h5-8H,1,3-4,9-10H2,2H3,(H,22,24)(H,25,26,27)/p-1. The van der Waals surface area contributed by atoms with Crippen LogP contribution in [0.2, 0.25) is 0 Å². The Hall–Kier alpha value is -2.67. The summed E-state index contributed by atoms with van der Waals surface area (Å²) in [5, 5.41) is -3.44. The molecule has 0 saturated carbocycles. The molecule has 30 heavy (non-hydrogen) atoms. The van der Waals surface area contributed by atoms with Gasteiger partial charge in [0.15, 0.2) is 10.1 Å². The van der Waals surface area contributed by atoms with E-state index in [0.717, 1.165) is 0 Å². The molecule has 1 aromatic carbocycles. The van der Waals surface area contributed by atoms with Crippen LogP contribution in [0.25, 0.3) is 0 Å². The number of hydrogen-bond acceptors (Lipinski definition) is 7. The Kier molecular flexibility index (Phi) is 8.36. The van der Waals surface area contributed by atoms with Gasteiger partial charge in [0.05, 0.1) is 6.61 Å². The molecule has 0 bridgehead atoms. The number of esters is 1. The van der Waals surface area contributed by atoms with Gasteiger partial charge < -0.3 is 14.0 Å². The predicted octanol–water partition coefficient (Wildman–Crippen LogP) is 3.66. The van der Waals surface area contributed by atoms with Crippen LogP contribution in [0, 0.1) is 0 Å². The highest BCUT2D eigenvalue weighted by Crippen LogP contribution is 2.41. The lowest BCUT2D eigenvalue weighted by Crippen LogP contribution is -2.46. The average molecular weight is 456 g/mol. The second kappa shape index (κ2) is 9.89. The van der Waals surface area contributed by atoms with Gasteiger partial charge in [-0.25, -0.2) is 18.0 Å². The minimum atomic E-state index is -6.53. The summed E-state index contributed by atoms with van der Waals surface area (Å²) in [5.41, 5.74) is 0.443. The van der Waals surface area contributed by atoms with Gasteiger partial charge in [-0.3, -0.25) is 5.32 Å². The molecule has 0 radical (unpaired) electrons. The molecule has 8 nitrogen and oxygen atoms in total. The lowest BCUT2D eigenvalue weighted by atomic mass is 10.1. The summed E-state index contributed by atoms with van der Waals surface area (Å²) in [6.07, 6.45) is -3.47. The first-order valence-electron chi connectivity index (χ1n) is 8.30. The zero-order valence-electron chi connectivity index (χ0n) is 15.6. The SMILES string of the molecule is C=C(C)C(=O)Oc1ccc(NC(=O)OCCCCC(F)(F)C(F)(F)S(=O)(=O)[O-])cc1. The smallest absolute Gasteiger partial charge is 0.411 e. The van der Waals surface area contributed by atoms with Crippen LogP contribution in [0.15, 0.2) is 36.4 Å². The predicted molar refractivity (Wildman–Crippen MR) is 95.3 cm³/mol. The second-order valence-electron chi connectivity index (χ2n) is 6.09. The van der Waals surface area contributed by atoms with Crippen molar-refractivity contribution in [3.05, 3.63) is 36.4 Å². The first kappa shape index (κ1) is 25.4. The van der Waals surface area contributed by atoms with Crippen LogP contribution in [0.4, 0.5) is 28.0 Å². The number of halogens is 4. The van der Waals surface area contributed by atoms with E-state index in [-0.39, 0.29) is 23.4 Å². The van der Waals surface area contributed by atoms with Gasteiger partial charge in [0.2, 0.25) is 0 Å². The summed E-state index contributed by atoms with van der Waals surface area (Å²) in [6.45, 7) is 4.46. The largest absolute Gasteiger partial charge is 0.743 e. The number of carbonyl (C=O) groups excluding carboxylic acids is 2. The van der Waals surface area contributed by atoms with Crippen LogP contribution < -0.4 is 10.1 Å². The van der Waals surface area contributed by atoms with Crippen molar-refractivity contribution >= 4 is 27.9 Å². The Morgan fingerprint density at radius 3 is 2.20 bits per heavy atom. The lowest BCUT2D eigenvalue weighted by Gasteiger charge is -2.28. The van der Waals surface area contributed by atoms with Crippen molar-refractivity contribution in [2.45, 2.75) is 37.4 Å². The van der Waals surface area contributed by atoms with Gasteiger partial charge in [0.25, 0.3) is 0 Å². The molecule has 0 heterocycles. The maximum absolute atomic E-state index is 13.2. The summed E-state index contributed by atoms with van der Waals surface area (Å²) >= 11 is 0. The molecule has 0 atom stereocenters. The van der Waals surface area contributed by atoms with E-state index >= 15 is 0 Å². The van der Waals surface area contributed by atoms with Crippen LogP contribution in [-0.2, 0) is 19.6 Å². The van der Waals surface area contributed by atoms with Crippen LogP contribution >= 0.6 is 0 Å². The monoisotopic (exact) mass is 456 g/mol. The van der Waals surface area contributed by atoms with Gasteiger partial charge in [0, 0.05) is 17.7 Å². The topological polar surface area (TPSA) is 122 Å². The van der Waals surface area contributed by atoms with Gasteiger partial charge in [0.1, 0.15) is 5.75 Å². The fourth-order valence-corrected chi connectivity index (χ4v) is 2.36. The second-order valence-corrected chi connectivity index (χ2v) is 7.51. The number of benzene rings is 1. The van der Waals surface area contributed by atoms with Crippen molar-refractivity contribution < 1.29 is 49.6 Å². The molecule has 0 aliphatic carbocycles. The fourth-order valence-electron chi connectivity index (χ4n) is 1.90. The Morgan fingerprint density at radius 1 is 1.13 bits per heavy atom. The van der Waals surface area contributed by atoms with Gasteiger partial charge in [-0.2, -0.15) is 17.6 Å². The molecule has 0 spiro atoms. The quantitative estimate of drug-likeness (QED) is 0.142. The Bertz CT molecular complexity index is 886. The molecule has 0 aromatic heterocycles. The molecule has 1 amide bonds. The van der Waals surface area contributed by atoms with Gasteiger partial charge >= 0.3 is 23.2 Å². The van der Waals surface area contributed by atoms with E-state index in [0.29, 0.717) is 0 Å². The first-order chi connectivity index (χ1) is 13.7. The van der Waals surface area contributed by atoms with Gasteiger partial charge in [-0.05, 0) is 44.0 Å². The number of nitrogens with one attached hydrogen (secondary N) is 1. The number of hydrogen-bond donors (Lipinski definition) is 1. The van der Waals surface area contributed by atoms with E-state index in [4.69, 9.17) is 4.74 Å². The molecule has 13 heteroatoms. The molecule has 0 aliphatic rings. The number of anilines is 1. The summed E-state index contributed by atoms with van der Waals surface area (Å²) in [4.78, 5) is 23.0. The highest BCUT2D eigenvalue weighted by Gasteiger charge is 2.60. The molecular weight excluding hydrogens is 438 g/mol. The van der Waals surface area contributed by atoms with Crippen LogP contribution in [0.1, 0.15) is 26.2 Å². The van der Waals surface area contributed by atoms with Crippen molar-refractivity contribution in [2.24, 2.45) is 0 Å². The summed E-state index contributed by atoms with van der Waals surface area (Å²) in [5.74, 6) is -5.49. The lowest BCUT2D eigenvalue weighted by molar-refractivity contribution is -0.165. The third-order valence-corrected chi connectivity index (χ3v) is 4.44. The fraction of sp³-hybridized carbons (Fsp3) is 0.412. The summed E-state index contributed by atoms with van der Waals surface area (Å²) < 4.78 is 92.8. The molecule has 168 valence electrons. The van der Waals surface area contributed by atoms with Crippen molar-refractivity contribution in [2.75, 3.05) is 11.9 Å². The number of alkyl halides is 4. The molecule has 1 rings (SSSR count). The number of carbonyl (C=O) groups is 2. The maximum atomic E-state index is 13.2. The average Bonchev–Trinajstić information content (AvgIpc) is 2.61. The van der Waals surface area contributed by atoms with E-state index in [1.165, 1.54) is 31.2 Å². The van der Waals surface area contributed by atoms with Crippen LogP contribution in [0.5, 0.6) is 5.75 Å². The van der Waals surface area contributed by atoms with Crippen LogP contribution in [0.3, 0.4) is 0 Å². The highest BCUT2D eigenvalue weighted by molar-refractivity contribution is 7.86. The third-order valence-electron chi connectivity index (χ3n) is 3.52. The minimum Gasteiger partial charge on any atom is -0.743 e. The van der Waals surface area contributed by atoms with Crippen molar-refractivity contribution in [3.8, 4) is 5.75 Å². The Labute approximate surface area is 169 Å². The Morgan fingerprint density at radius 2 is 1.70 bits per heavy atom. The van der Waals surface area contributed by atoms with E-state index in [1.54, 1.807) is 0 Å². The van der Waals surface area contributed by atoms with Crippen LogP contribution in [-0.4, -0.2) is 42.8 Å². The molecule has 0 unspecified atom stereocenters. The molecule has 1 N–H and O–H groups in total. The normalized spacial score (nSPS) is 12.2. The number of rotatable bonds is 10. The first-order valence-corrected chi connectivity index (χ1v) is 9.71.